The molecule has 1 fully saturated rings. The predicted octanol–water partition coefficient (Wildman–Crippen LogP) is 2.01. The molecule has 4 heteroatoms. The van der Waals surface area contributed by atoms with Crippen LogP contribution in [0.5, 0.6) is 0 Å². The van der Waals surface area contributed by atoms with Crippen LogP contribution in [0, 0.1) is 11.6 Å². The van der Waals surface area contributed by atoms with Crippen molar-refractivity contribution in [2.75, 3.05) is 6.54 Å². The highest BCUT2D eigenvalue weighted by Crippen LogP contribution is 2.18. The van der Waals surface area contributed by atoms with E-state index in [1.54, 1.807) is 0 Å². The molecular formula is C13H17F2NO. The van der Waals surface area contributed by atoms with Crippen LogP contribution < -0.4 is 5.32 Å². The van der Waals surface area contributed by atoms with Gasteiger partial charge in [-0.3, -0.25) is 0 Å². The molecule has 2 rings (SSSR count). The number of aliphatic hydroxyl groups is 1. The van der Waals surface area contributed by atoms with Crippen molar-refractivity contribution in [1.29, 1.82) is 0 Å². The molecule has 2 N–H and O–H groups in total. The normalized spacial score (nSPS) is 22.4. The first-order valence-electron chi connectivity index (χ1n) is 6.03. The van der Waals surface area contributed by atoms with Gasteiger partial charge in [-0.15, -0.1) is 0 Å². The lowest BCUT2D eigenvalue weighted by Crippen LogP contribution is -2.44. The first-order valence-corrected chi connectivity index (χ1v) is 6.03. The summed E-state index contributed by atoms with van der Waals surface area (Å²) in [6.07, 6.45) is 2.29. The highest BCUT2D eigenvalue weighted by Gasteiger charge is 2.23. The van der Waals surface area contributed by atoms with E-state index in [4.69, 9.17) is 0 Å². The Kier molecular flexibility index (Phi) is 4.07. The molecule has 1 aromatic carbocycles. The SMILES string of the molecule is OC(Cc1c(F)cccc1F)C1CCCCN1. The minimum atomic E-state index is -0.735. The third-order valence-corrected chi connectivity index (χ3v) is 3.29. The molecule has 1 aliphatic rings. The van der Waals surface area contributed by atoms with E-state index >= 15 is 0 Å². The number of hydrogen-bond donors (Lipinski definition) is 2. The highest BCUT2D eigenvalue weighted by molar-refractivity contribution is 5.20. The summed E-state index contributed by atoms with van der Waals surface area (Å²) in [5.41, 5.74) is -0.0210. The summed E-state index contributed by atoms with van der Waals surface area (Å²) in [4.78, 5) is 0. The van der Waals surface area contributed by atoms with Crippen LogP contribution >= 0.6 is 0 Å². The zero-order valence-corrected chi connectivity index (χ0v) is 9.63. The molecule has 0 bridgehead atoms. The second-order valence-electron chi connectivity index (χ2n) is 4.53. The van der Waals surface area contributed by atoms with Gasteiger partial charge in [0.05, 0.1) is 6.10 Å². The lowest BCUT2D eigenvalue weighted by atomic mass is 9.95. The van der Waals surface area contributed by atoms with Crippen LogP contribution in [0.2, 0.25) is 0 Å². The van der Waals surface area contributed by atoms with Crippen molar-refractivity contribution in [1.82, 2.24) is 5.32 Å². The molecule has 1 aromatic rings. The number of nitrogens with one attached hydrogen (secondary N) is 1. The smallest absolute Gasteiger partial charge is 0.129 e. The summed E-state index contributed by atoms with van der Waals surface area (Å²) in [7, 11) is 0. The Labute approximate surface area is 99.7 Å². The van der Waals surface area contributed by atoms with Crippen molar-refractivity contribution < 1.29 is 13.9 Å². The van der Waals surface area contributed by atoms with Gasteiger partial charge in [-0.05, 0) is 31.5 Å². The van der Waals surface area contributed by atoms with E-state index < -0.39 is 17.7 Å². The van der Waals surface area contributed by atoms with E-state index in [9.17, 15) is 13.9 Å². The lowest BCUT2D eigenvalue weighted by Gasteiger charge is -2.28. The van der Waals surface area contributed by atoms with Crippen molar-refractivity contribution in [3.63, 3.8) is 0 Å². The average Bonchev–Trinajstić information content (AvgIpc) is 2.35. The van der Waals surface area contributed by atoms with Crippen LogP contribution in [0.15, 0.2) is 18.2 Å². The van der Waals surface area contributed by atoms with Crippen molar-refractivity contribution in [3.8, 4) is 0 Å². The summed E-state index contributed by atoms with van der Waals surface area (Å²) < 4.78 is 26.8. The predicted molar refractivity (Wildman–Crippen MR) is 61.7 cm³/mol. The van der Waals surface area contributed by atoms with Crippen LogP contribution in [0.1, 0.15) is 24.8 Å². The third-order valence-electron chi connectivity index (χ3n) is 3.29. The molecular weight excluding hydrogens is 224 g/mol. The number of rotatable bonds is 3. The standard InChI is InChI=1S/C13H17F2NO/c14-10-4-3-5-11(15)9(10)8-13(17)12-6-1-2-7-16-12/h3-5,12-13,16-17H,1-2,6-8H2. The molecule has 0 spiro atoms. The fourth-order valence-corrected chi connectivity index (χ4v) is 2.29. The number of aliphatic hydroxyl groups excluding tert-OH is 1. The second-order valence-corrected chi connectivity index (χ2v) is 4.53. The Morgan fingerprint density at radius 1 is 1.29 bits per heavy atom. The summed E-state index contributed by atoms with van der Waals surface area (Å²) in [5.74, 6) is -1.17. The van der Waals surface area contributed by atoms with E-state index in [0.29, 0.717) is 0 Å². The number of benzene rings is 1. The van der Waals surface area contributed by atoms with Gasteiger partial charge in [-0.1, -0.05) is 12.5 Å². The van der Waals surface area contributed by atoms with Crippen LogP contribution in [0.25, 0.3) is 0 Å². The zero-order chi connectivity index (χ0) is 12.3. The van der Waals surface area contributed by atoms with Gasteiger partial charge >= 0.3 is 0 Å². The Morgan fingerprint density at radius 2 is 2.00 bits per heavy atom. The largest absolute Gasteiger partial charge is 0.391 e. The summed E-state index contributed by atoms with van der Waals surface area (Å²) in [6.45, 7) is 0.863. The van der Waals surface area contributed by atoms with Crippen LogP contribution in [-0.4, -0.2) is 23.8 Å². The van der Waals surface area contributed by atoms with Crippen LogP contribution in [0.3, 0.4) is 0 Å². The van der Waals surface area contributed by atoms with Gasteiger partial charge in [0, 0.05) is 18.0 Å². The molecule has 1 aliphatic heterocycles. The van der Waals surface area contributed by atoms with Gasteiger partial charge in [0.15, 0.2) is 0 Å². The van der Waals surface area contributed by atoms with E-state index in [2.05, 4.69) is 5.32 Å². The zero-order valence-electron chi connectivity index (χ0n) is 9.63. The average molecular weight is 241 g/mol. The first kappa shape index (κ1) is 12.5. The maximum Gasteiger partial charge on any atom is 0.129 e. The van der Waals surface area contributed by atoms with Crippen molar-refractivity contribution >= 4 is 0 Å². The highest BCUT2D eigenvalue weighted by atomic mass is 19.1. The van der Waals surface area contributed by atoms with Crippen molar-refractivity contribution in [3.05, 3.63) is 35.4 Å². The van der Waals surface area contributed by atoms with E-state index in [1.165, 1.54) is 18.2 Å². The maximum atomic E-state index is 13.4. The fraction of sp³-hybridized carbons (Fsp3) is 0.538. The topological polar surface area (TPSA) is 32.3 Å². The van der Waals surface area contributed by atoms with Gasteiger partial charge in [0.1, 0.15) is 11.6 Å². The Balaban J connectivity index is 2.04. The van der Waals surface area contributed by atoms with Crippen molar-refractivity contribution in [2.24, 2.45) is 0 Å². The molecule has 0 aromatic heterocycles. The number of hydrogen-bond acceptors (Lipinski definition) is 2. The molecule has 2 atom stereocenters. The summed E-state index contributed by atoms with van der Waals surface area (Å²) in [6, 6.07) is 3.72. The quantitative estimate of drug-likeness (QED) is 0.848. The fourth-order valence-electron chi connectivity index (χ4n) is 2.29. The monoisotopic (exact) mass is 241 g/mol. The number of piperidine rings is 1. The molecule has 0 radical (unpaired) electrons. The maximum absolute atomic E-state index is 13.4. The third kappa shape index (κ3) is 3.01. The van der Waals surface area contributed by atoms with Gasteiger partial charge in [-0.25, -0.2) is 8.78 Å². The molecule has 0 saturated carbocycles. The summed E-state index contributed by atoms with van der Waals surface area (Å²) >= 11 is 0. The molecule has 17 heavy (non-hydrogen) atoms. The lowest BCUT2D eigenvalue weighted by molar-refractivity contribution is 0.111. The van der Waals surface area contributed by atoms with Crippen LogP contribution in [0.4, 0.5) is 8.78 Å². The van der Waals surface area contributed by atoms with E-state index in [0.717, 1.165) is 25.8 Å². The summed E-state index contributed by atoms with van der Waals surface area (Å²) in [5, 5.41) is 13.2. The van der Waals surface area contributed by atoms with Crippen molar-refractivity contribution in [2.45, 2.75) is 37.8 Å². The van der Waals surface area contributed by atoms with Gasteiger partial charge < -0.3 is 10.4 Å². The Hall–Kier alpha value is -1.00. The van der Waals surface area contributed by atoms with Gasteiger partial charge in [0.25, 0.3) is 0 Å². The first-order chi connectivity index (χ1) is 8.18. The van der Waals surface area contributed by atoms with Gasteiger partial charge in [-0.2, -0.15) is 0 Å². The molecule has 1 heterocycles. The molecule has 0 amide bonds. The van der Waals surface area contributed by atoms with Crippen LogP contribution in [-0.2, 0) is 6.42 Å². The number of halogens is 2. The molecule has 2 unspecified atom stereocenters. The second kappa shape index (κ2) is 5.56. The Morgan fingerprint density at radius 3 is 2.59 bits per heavy atom. The minimum absolute atomic E-state index is 0.0210. The molecule has 94 valence electrons. The van der Waals surface area contributed by atoms with E-state index in [1.807, 2.05) is 0 Å². The van der Waals surface area contributed by atoms with E-state index in [-0.39, 0.29) is 18.0 Å². The minimum Gasteiger partial charge on any atom is -0.391 e. The molecule has 2 nitrogen and oxygen atoms in total. The Bertz CT molecular complexity index is 357. The molecule has 1 saturated heterocycles. The van der Waals surface area contributed by atoms with Gasteiger partial charge in [0.2, 0.25) is 0 Å². The molecule has 0 aliphatic carbocycles.